The lowest BCUT2D eigenvalue weighted by Crippen LogP contribution is -2.04. The highest BCUT2D eigenvalue weighted by molar-refractivity contribution is 5.68. The first kappa shape index (κ1) is 11.3. The summed E-state index contributed by atoms with van der Waals surface area (Å²) in [6, 6.07) is 2.90. The van der Waals surface area contributed by atoms with Gasteiger partial charge in [0, 0.05) is 6.07 Å². The molecule has 0 bridgehead atoms. The molecule has 0 aliphatic carbocycles. The van der Waals surface area contributed by atoms with Gasteiger partial charge in [-0.3, -0.25) is 20.4 Å². The molecule has 0 atom stereocenters. The largest absolute Gasteiger partial charge is 0.393 e. The molecule has 82 valence electrons. The van der Waals surface area contributed by atoms with Gasteiger partial charge in [-0.15, -0.1) is 0 Å². The number of nitrogen functional groups attached to an aromatic ring is 1. The number of nitrogens with one attached hydrogen (secondary N) is 1. The minimum absolute atomic E-state index is 0.122. The number of hydrogen-bond donors (Lipinski definition) is 2. The van der Waals surface area contributed by atoms with Gasteiger partial charge in [0.25, 0.3) is 5.69 Å². The number of nitro groups is 1. The van der Waals surface area contributed by atoms with E-state index in [0.29, 0.717) is 12.3 Å². The second-order valence-corrected chi connectivity index (χ2v) is 3.02. The van der Waals surface area contributed by atoms with Crippen molar-refractivity contribution in [2.24, 2.45) is 0 Å². The fourth-order valence-electron chi connectivity index (χ4n) is 1.14. The molecular weight excluding hydrogens is 198 g/mol. The predicted octanol–water partition coefficient (Wildman–Crippen LogP) is 1.85. The third-order valence-corrected chi connectivity index (χ3v) is 1.90. The second kappa shape index (κ2) is 4.61. The van der Waals surface area contributed by atoms with E-state index in [1.54, 1.807) is 13.0 Å². The molecule has 6 heteroatoms. The smallest absolute Gasteiger partial charge is 0.294 e. The third-order valence-electron chi connectivity index (χ3n) is 1.90. The second-order valence-electron chi connectivity index (χ2n) is 3.02. The van der Waals surface area contributed by atoms with E-state index in [9.17, 15) is 10.1 Å². The first-order valence-corrected chi connectivity index (χ1v) is 4.48. The van der Waals surface area contributed by atoms with Crippen LogP contribution in [0.1, 0.15) is 12.5 Å². The first-order chi connectivity index (χ1) is 7.06. The zero-order valence-corrected chi connectivity index (χ0v) is 8.61. The molecule has 0 aliphatic heterocycles. The molecule has 0 aliphatic rings. The molecule has 0 amide bonds. The summed E-state index contributed by atoms with van der Waals surface area (Å²) in [5.74, 6) is 0. The van der Waals surface area contributed by atoms with Crippen molar-refractivity contribution in [3.05, 3.63) is 27.8 Å². The van der Waals surface area contributed by atoms with Gasteiger partial charge in [-0.2, -0.15) is 0 Å². The molecule has 0 saturated heterocycles. The van der Waals surface area contributed by atoms with Crippen molar-refractivity contribution < 1.29 is 9.76 Å². The lowest BCUT2D eigenvalue weighted by Gasteiger charge is -2.09. The number of hydrogen-bond acceptors (Lipinski definition) is 5. The Morgan fingerprint density at radius 3 is 2.80 bits per heavy atom. The standard InChI is InChI=1S/C9H13N3O3/c1-3-15-11-8-5-9(12(13)14)7(10)4-6(8)2/h4-5,11H,3,10H2,1-2H3. The SMILES string of the molecule is CCONc1cc([N+](=O)[O-])c(N)cc1C. The van der Waals surface area contributed by atoms with Crippen LogP contribution in [-0.2, 0) is 4.84 Å². The van der Waals surface area contributed by atoms with Crippen molar-refractivity contribution in [3.63, 3.8) is 0 Å². The van der Waals surface area contributed by atoms with Crippen LogP contribution in [0.25, 0.3) is 0 Å². The highest BCUT2D eigenvalue weighted by Gasteiger charge is 2.14. The Kier molecular flexibility index (Phi) is 3.46. The third kappa shape index (κ3) is 2.57. The summed E-state index contributed by atoms with van der Waals surface area (Å²) < 4.78 is 0. The summed E-state index contributed by atoms with van der Waals surface area (Å²) in [7, 11) is 0. The number of anilines is 2. The zero-order chi connectivity index (χ0) is 11.4. The molecule has 0 saturated carbocycles. The Morgan fingerprint density at radius 2 is 2.27 bits per heavy atom. The minimum atomic E-state index is -0.522. The van der Waals surface area contributed by atoms with Crippen LogP contribution >= 0.6 is 0 Å². The van der Waals surface area contributed by atoms with E-state index in [-0.39, 0.29) is 11.4 Å². The topological polar surface area (TPSA) is 90.4 Å². The van der Waals surface area contributed by atoms with E-state index >= 15 is 0 Å². The summed E-state index contributed by atoms with van der Waals surface area (Å²) in [4.78, 5) is 15.1. The molecule has 3 N–H and O–H groups in total. The van der Waals surface area contributed by atoms with Gasteiger partial charge in [-0.25, -0.2) is 0 Å². The lowest BCUT2D eigenvalue weighted by molar-refractivity contribution is -0.383. The van der Waals surface area contributed by atoms with E-state index in [2.05, 4.69) is 5.48 Å². The average Bonchev–Trinajstić information content (AvgIpc) is 2.16. The Morgan fingerprint density at radius 1 is 1.60 bits per heavy atom. The van der Waals surface area contributed by atoms with Gasteiger partial charge in [-0.05, 0) is 25.5 Å². The minimum Gasteiger partial charge on any atom is -0.393 e. The van der Waals surface area contributed by atoms with Gasteiger partial charge in [0.2, 0.25) is 0 Å². The van der Waals surface area contributed by atoms with Crippen LogP contribution in [0.5, 0.6) is 0 Å². The summed E-state index contributed by atoms with van der Waals surface area (Å²) in [5, 5.41) is 10.6. The monoisotopic (exact) mass is 211 g/mol. The Hall–Kier alpha value is -1.82. The summed E-state index contributed by atoms with van der Waals surface area (Å²) in [6.45, 7) is 4.08. The molecule has 15 heavy (non-hydrogen) atoms. The lowest BCUT2D eigenvalue weighted by atomic mass is 10.1. The Balaban J connectivity index is 3.06. The Bertz CT molecular complexity index is 379. The molecule has 0 unspecified atom stereocenters. The number of nitro benzene ring substituents is 1. The van der Waals surface area contributed by atoms with Crippen molar-refractivity contribution in [2.75, 3.05) is 17.8 Å². The van der Waals surface area contributed by atoms with Crippen LogP contribution in [-0.4, -0.2) is 11.5 Å². The summed E-state index contributed by atoms with van der Waals surface area (Å²) >= 11 is 0. The van der Waals surface area contributed by atoms with E-state index < -0.39 is 4.92 Å². The fraction of sp³-hybridized carbons (Fsp3) is 0.333. The quantitative estimate of drug-likeness (QED) is 0.450. The van der Waals surface area contributed by atoms with Crippen molar-refractivity contribution >= 4 is 17.1 Å². The van der Waals surface area contributed by atoms with E-state index in [0.717, 1.165) is 5.56 Å². The Labute approximate surface area is 87.1 Å². The number of nitrogens with zero attached hydrogens (tertiary/aromatic N) is 1. The molecule has 0 radical (unpaired) electrons. The van der Waals surface area contributed by atoms with E-state index in [4.69, 9.17) is 10.6 Å². The maximum absolute atomic E-state index is 10.6. The fourth-order valence-corrected chi connectivity index (χ4v) is 1.14. The molecule has 0 aromatic heterocycles. The maximum atomic E-state index is 10.6. The molecule has 0 fully saturated rings. The van der Waals surface area contributed by atoms with Crippen LogP contribution in [0.15, 0.2) is 12.1 Å². The van der Waals surface area contributed by atoms with Gasteiger partial charge >= 0.3 is 0 Å². The predicted molar refractivity (Wildman–Crippen MR) is 57.5 cm³/mol. The van der Waals surface area contributed by atoms with Gasteiger partial charge in [0.05, 0.1) is 17.2 Å². The van der Waals surface area contributed by atoms with Crippen LogP contribution in [0.4, 0.5) is 17.1 Å². The molecular formula is C9H13N3O3. The van der Waals surface area contributed by atoms with Crippen molar-refractivity contribution in [2.45, 2.75) is 13.8 Å². The molecule has 6 nitrogen and oxygen atoms in total. The normalized spacial score (nSPS) is 10.0. The highest BCUT2D eigenvalue weighted by Crippen LogP contribution is 2.28. The number of benzene rings is 1. The van der Waals surface area contributed by atoms with Crippen LogP contribution < -0.4 is 11.2 Å². The average molecular weight is 211 g/mol. The zero-order valence-electron chi connectivity index (χ0n) is 8.61. The number of aryl methyl sites for hydroxylation is 1. The summed E-state index contributed by atoms with van der Waals surface area (Å²) in [6.07, 6.45) is 0. The highest BCUT2D eigenvalue weighted by atomic mass is 16.6. The number of rotatable bonds is 4. The molecule has 1 rings (SSSR count). The van der Waals surface area contributed by atoms with Crippen molar-refractivity contribution in [3.8, 4) is 0 Å². The van der Waals surface area contributed by atoms with Crippen molar-refractivity contribution in [1.29, 1.82) is 0 Å². The molecule has 0 spiro atoms. The molecule has 1 aromatic rings. The molecule has 0 heterocycles. The van der Waals surface area contributed by atoms with Gasteiger partial charge in [0.1, 0.15) is 5.69 Å². The van der Waals surface area contributed by atoms with Crippen molar-refractivity contribution in [1.82, 2.24) is 0 Å². The van der Waals surface area contributed by atoms with Crippen LogP contribution in [0.3, 0.4) is 0 Å². The van der Waals surface area contributed by atoms with Crippen LogP contribution in [0, 0.1) is 17.0 Å². The van der Waals surface area contributed by atoms with E-state index in [1.165, 1.54) is 6.07 Å². The summed E-state index contributed by atoms with van der Waals surface area (Å²) in [5.41, 5.74) is 9.52. The number of nitrogens with two attached hydrogens (primary N) is 1. The molecule has 1 aromatic carbocycles. The van der Waals surface area contributed by atoms with Crippen LogP contribution in [0.2, 0.25) is 0 Å². The maximum Gasteiger partial charge on any atom is 0.294 e. The van der Waals surface area contributed by atoms with Gasteiger partial charge in [-0.1, -0.05) is 0 Å². The van der Waals surface area contributed by atoms with Gasteiger partial charge in [0.15, 0.2) is 0 Å². The van der Waals surface area contributed by atoms with Gasteiger partial charge < -0.3 is 5.73 Å². The first-order valence-electron chi connectivity index (χ1n) is 4.48. The van der Waals surface area contributed by atoms with E-state index in [1.807, 2.05) is 6.92 Å².